The fourth-order valence-electron chi connectivity index (χ4n) is 5.53. The lowest BCUT2D eigenvalue weighted by Crippen LogP contribution is -2.41. The van der Waals surface area contributed by atoms with Crippen LogP contribution in [0.1, 0.15) is 52.0 Å². The number of anilines is 2. The van der Waals surface area contributed by atoms with Crippen molar-refractivity contribution < 1.29 is 14.3 Å². The Balaban J connectivity index is 1.26. The second kappa shape index (κ2) is 15.2. The number of nitrogens with zero attached hydrogens (tertiary/aromatic N) is 5. The first-order valence-electron chi connectivity index (χ1n) is 16.7. The van der Waals surface area contributed by atoms with Gasteiger partial charge in [-0.1, -0.05) is 56.0 Å². The van der Waals surface area contributed by atoms with Crippen molar-refractivity contribution in [2.75, 3.05) is 23.8 Å². The fourth-order valence-corrected chi connectivity index (χ4v) is 6.28. The van der Waals surface area contributed by atoms with Crippen molar-refractivity contribution in [2.45, 2.75) is 97.1 Å². The number of ether oxygens (including phenoxy) is 2. The van der Waals surface area contributed by atoms with E-state index in [1.807, 2.05) is 68.0 Å². The summed E-state index contributed by atoms with van der Waals surface area (Å²) < 4.78 is 13.4. The molecule has 1 saturated carbocycles. The molecule has 252 valence electrons. The molecule has 0 unspecified atom stereocenters. The van der Waals surface area contributed by atoms with Crippen LogP contribution < -0.4 is 16.0 Å². The molecule has 1 aliphatic rings. The van der Waals surface area contributed by atoms with Crippen molar-refractivity contribution in [3.05, 3.63) is 60.3 Å². The average molecular weight is 659 g/mol. The molecule has 0 spiro atoms. The van der Waals surface area contributed by atoms with Gasteiger partial charge in [-0.3, -0.25) is 0 Å². The van der Waals surface area contributed by atoms with Crippen LogP contribution in [0, 0.1) is 5.92 Å². The Bertz CT molecular complexity index is 1610. The highest BCUT2D eigenvalue weighted by atomic mass is 28.3. The topological polar surface area (TPSA) is 128 Å². The zero-order valence-corrected chi connectivity index (χ0v) is 29.7. The lowest BCUT2D eigenvalue weighted by atomic mass is 9.86. The fraction of sp³-hybridized carbons (Fsp3) is 0.514. The third-order valence-electron chi connectivity index (χ3n) is 8.12. The lowest BCUT2D eigenvalue weighted by molar-refractivity contribution is 0.0488. The zero-order valence-electron chi connectivity index (χ0n) is 28.7. The maximum atomic E-state index is 12.2. The summed E-state index contributed by atoms with van der Waals surface area (Å²) in [6, 6.07) is 17.4. The van der Waals surface area contributed by atoms with Crippen LogP contribution in [-0.2, 0) is 22.7 Å². The summed E-state index contributed by atoms with van der Waals surface area (Å²) in [6.45, 7) is 15.1. The molecular formula is C35H50N8O3Si. The van der Waals surface area contributed by atoms with Crippen LogP contribution in [0.15, 0.2) is 54.7 Å². The monoisotopic (exact) mass is 658 g/mol. The van der Waals surface area contributed by atoms with Gasteiger partial charge in [0.05, 0.1) is 11.1 Å². The third-order valence-corrected chi connectivity index (χ3v) is 9.83. The van der Waals surface area contributed by atoms with Crippen molar-refractivity contribution in [3.63, 3.8) is 0 Å². The number of rotatable bonds is 13. The SMILES string of the molecule is CC(C)(C)OC(=O)NC1CCC(CNc2ncc3c(-c4cccc(NCc5ccccc5)n4)nn(COCC[Si](C)(C)C)c3n2)CC1. The van der Waals surface area contributed by atoms with Crippen molar-refractivity contribution in [2.24, 2.45) is 5.92 Å². The molecular weight excluding hydrogens is 609 g/mol. The molecule has 11 nitrogen and oxygen atoms in total. The van der Waals surface area contributed by atoms with Crippen LogP contribution >= 0.6 is 0 Å². The lowest BCUT2D eigenvalue weighted by Gasteiger charge is -2.30. The largest absolute Gasteiger partial charge is 0.444 e. The number of fused-ring (bicyclic) bond motifs is 1. The molecule has 1 aliphatic carbocycles. The van der Waals surface area contributed by atoms with E-state index < -0.39 is 13.7 Å². The first-order valence-corrected chi connectivity index (χ1v) is 20.4. The molecule has 3 aromatic heterocycles. The number of benzene rings is 1. The Hall–Kier alpha value is -4.03. The highest BCUT2D eigenvalue weighted by molar-refractivity contribution is 6.76. The van der Waals surface area contributed by atoms with Crippen molar-refractivity contribution in [3.8, 4) is 11.4 Å². The summed E-state index contributed by atoms with van der Waals surface area (Å²) in [4.78, 5) is 26.7. The first-order chi connectivity index (χ1) is 22.4. The van der Waals surface area contributed by atoms with Crippen LogP contribution in [0.3, 0.4) is 0 Å². The molecule has 3 N–H and O–H groups in total. The van der Waals surface area contributed by atoms with Crippen molar-refractivity contribution in [1.82, 2.24) is 30.0 Å². The molecule has 1 amide bonds. The van der Waals surface area contributed by atoms with Crippen LogP contribution in [0.4, 0.5) is 16.6 Å². The number of carbonyl (C=O) groups excluding carboxylic acids is 1. The van der Waals surface area contributed by atoms with Crippen molar-refractivity contribution in [1.29, 1.82) is 0 Å². The number of pyridine rings is 1. The second-order valence-corrected chi connectivity index (χ2v) is 20.2. The number of aromatic nitrogens is 5. The minimum atomic E-state index is -1.23. The predicted molar refractivity (Wildman–Crippen MR) is 190 cm³/mol. The third kappa shape index (κ3) is 10.5. The highest BCUT2D eigenvalue weighted by Crippen LogP contribution is 2.28. The van der Waals surface area contributed by atoms with Crippen molar-refractivity contribution >= 4 is 37.0 Å². The van der Waals surface area contributed by atoms with Crippen LogP contribution in [0.2, 0.25) is 25.7 Å². The van der Waals surface area contributed by atoms with E-state index in [9.17, 15) is 4.79 Å². The van der Waals surface area contributed by atoms with Crippen LogP contribution in [0.5, 0.6) is 0 Å². The Kier molecular flexibility index (Phi) is 11.1. The molecule has 1 aromatic carbocycles. The number of hydrogen-bond acceptors (Lipinski definition) is 9. The summed E-state index contributed by atoms with van der Waals surface area (Å²) in [5, 5.41) is 15.7. The summed E-state index contributed by atoms with van der Waals surface area (Å²) in [5.74, 6) is 1.80. The molecule has 12 heteroatoms. The molecule has 4 aromatic rings. The Morgan fingerprint density at radius 1 is 0.979 bits per heavy atom. The van der Waals surface area contributed by atoms with Gasteiger partial charge in [0.25, 0.3) is 0 Å². The van der Waals surface area contributed by atoms with E-state index in [0.29, 0.717) is 37.4 Å². The Morgan fingerprint density at radius 2 is 1.74 bits per heavy atom. The van der Waals surface area contributed by atoms with Gasteiger partial charge in [-0.15, -0.1) is 0 Å². The molecule has 1 fully saturated rings. The standard InChI is InChI=1S/C35H50N8O3Si/c1-35(2,3)46-34(44)39-27-17-15-26(16-18-27)22-37-33-38-23-28-31(42-43(32(28)41-33)24-45-19-20-47(4,5)6)29-13-10-14-30(40-29)36-21-25-11-8-7-9-12-25/h7-14,23,26-27H,15-22,24H2,1-6H3,(H,36,40)(H,39,44)(H,37,38,41). The maximum absolute atomic E-state index is 12.2. The van der Waals surface area contributed by atoms with E-state index in [-0.39, 0.29) is 12.1 Å². The number of nitrogens with one attached hydrogen (secondary N) is 3. The van der Waals surface area contributed by atoms with Crippen LogP contribution in [-0.4, -0.2) is 63.7 Å². The van der Waals surface area contributed by atoms with Gasteiger partial charge in [0.15, 0.2) is 5.65 Å². The zero-order chi connectivity index (χ0) is 33.4. The van der Waals surface area contributed by atoms with Gasteiger partial charge in [-0.25, -0.2) is 19.4 Å². The first kappa shape index (κ1) is 34.3. The summed E-state index contributed by atoms with van der Waals surface area (Å²) in [7, 11) is -1.23. The smallest absolute Gasteiger partial charge is 0.407 e. The molecule has 0 bridgehead atoms. The van der Waals surface area contributed by atoms with E-state index in [1.165, 1.54) is 5.56 Å². The summed E-state index contributed by atoms with van der Waals surface area (Å²) >= 11 is 0. The maximum Gasteiger partial charge on any atom is 0.407 e. The summed E-state index contributed by atoms with van der Waals surface area (Å²) in [6.07, 6.45) is 5.34. The van der Waals surface area contributed by atoms with Gasteiger partial charge in [0.2, 0.25) is 5.95 Å². The molecule has 0 saturated heterocycles. The average Bonchev–Trinajstić information content (AvgIpc) is 3.39. The van der Waals surface area contributed by atoms with E-state index in [0.717, 1.165) is 60.9 Å². The minimum Gasteiger partial charge on any atom is -0.444 e. The number of hydrogen-bond donors (Lipinski definition) is 3. The predicted octanol–water partition coefficient (Wildman–Crippen LogP) is 7.31. The quantitative estimate of drug-likeness (QED) is 0.100. The van der Waals surface area contributed by atoms with Crippen LogP contribution in [0.25, 0.3) is 22.4 Å². The molecule has 0 atom stereocenters. The molecule has 5 rings (SSSR count). The van der Waals surface area contributed by atoms with E-state index in [1.54, 1.807) is 0 Å². The van der Waals surface area contributed by atoms with E-state index >= 15 is 0 Å². The molecule has 0 aliphatic heterocycles. The highest BCUT2D eigenvalue weighted by Gasteiger charge is 2.25. The van der Waals surface area contributed by atoms with Gasteiger partial charge in [-0.2, -0.15) is 10.1 Å². The normalized spacial score (nSPS) is 17.0. The number of carbonyl (C=O) groups is 1. The van der Waals surface area contributed by atoms with Gasteiger partial charge in [-0.05, 0) is 76.1 Å². The number of amides is 1. The molecule has 47 heavy (non-hydrogen) atoms. The van der Waals surface area contributed by atoms with E-state index in [2.05, 4.69) is 52.7 Å². The molecule has 0 radical (unpaired) electrons. The Morgan fingerprint density at radius 3 is 2.47 bits per heavy atom. The second-order valence-electron chi connectivity index (χ2n) is 14.6. The number of alkyl carbamates (subject to hydrolysis) is 1. The van der Waals surface area contributed by atoms with Gasteiger partial charge in [0.1, 0.15) is 23.8 Å². The van der Waals surface area contributed by atoms with Gasteiger partial charge < -0.3 is 25.4 Å². The molecule has 3 heterocycles. The van der Waals surface area contributed by atoms with E-state index in [4.69, 9.17) is 24.5 Å². The summed E-state index contributed by atoms with van der Waals surface area (Å²) in [5.41, 5.74) is 2.86. The van der Waals surface area contributed by atoms with Gasteiger partial charge >= 0.3 is 6.09 Å². The Labute approximate surface area is 279 Å². The van der Waals surface area contributed by atoms with Gasteiger partial charge in [0, 0.05) is 40.0 Å². The minimum absolute atomic E-state index is 0.142.